The standard InChI is InChI=1S/C15H11BrF3NO3/c1-20-11(7-13(21)22)10(16)6-12(20)14(23)8-2-4-9(5-3-8)15(17,18)19/h2-6H,7H2,1H3,(H,21,22). The quantitative estimate of drug-likeness (QED) is 0.811. The molecule has 23 heavy (non-hydrogen) atoms. The summed E-state index contributed by atoms with van der Waals surface area (Å²) in [6, 6.07) is 5.33. The van der Waals surface area contributed by atoms with Crippen molar-refractivity contribution >= 4 is 27.7 Å². The third kappa shape index (κ3) is 3.64. The van der Waals surface area contributed by atoms with Gasteiger partial charge in [-0.2, -0.15) is 13.2 Å². The van der Waals surface area contributed by atoms with Gasteiger partial charge in [-0.1, -0.05) is 12.1 Å². The first-order valence-corrected chi connectivity index (χ1v) is 7.18. The van der Waals surface area contributed by atoms with E-state index in [-0.39, 0.29) is 17.7 Å². The lowest BCUT2D eigenvalue weighted by Gasteiger charge is -2.08. The smallest absolute Gasteiger partial charge is 0.416 e. The van der Waals surface area contributed by atoms with Gasteiger partial charge < -0.3 is 9.67 Å². The van der Waals surface area contributed by atoms with Crippen LogP contribution < -0.4 is 0 Å². The van der Waals surface area contributed by atoms with Crippen LogP contribution >= 0.6 is 15.9 Å². The second-order valence-corrected chi connectivity index (χ2v) is 5.71. The van der Waals surface area contributed by atoms with Gasteiger partial charge in [0.05, 0.1) is 17.7 Å². The Balaban J connectivity index is 2.36. The molecule has 1 N–H and O–H groups in total. The normalized spacial score (nSPS) is 11.5. The van der Waals surface area contributed by atoms with E-state index >= 15 is 0 Å². The molecule has 2 aromatic rings. The van der Waals surface area contributed by atoms with Crippen LogP contribution in [0.25, 0.3) is 0 Å². The number of rotatable bonds is 4. The monoisotopic (exact) mass is 389 g/mol. The molecule has 0 bridgehead atoms. The zero-order valence-corrected chi connectivity index (χ0v) is 13.4. The van der Waals surface area contributed by atoms with Gasteiger partial charge in [0.15, 0.2) is 0 Å². The first kappa shape index (κ1) is 17.3. The van der Waals surface area contributed by atoms with Gasteiger partial charge in [0.25, 0.3) is 0 Å². The van der Waals surface area contributed by atoms with Crippen LogP contribution in [-0.4, -0.2) is 21.4 Å². The molecule has 8 heteroatoms. The minimum absolute atomic E-state index is 0.0907. The number of nitrogens with zero attached hydrogens (tertiary/aromatic N) is 1. The van der Waals surface area contributed by atoms with Crippen molar-refractivity contribution in [2.75, 3.05) is 0 Å². The molecule has 122 valence electrons. The molecule has 0 aliphatic carbocycles. The van der Waals surface area contributed by atoms with Gasteiger partial charge in [-0.25, -0.2) is 0 Å². The topological polar surface area (TPSA) is 59.3 Å². The zero-order chi connectivity index (χ0) is 17.4. The molecule has 0 unspecified atom stereocenters. The van der Waals surface area contributed by atoms with Gasteiger partial charge in [-0.05, 0) is 34.1 Å². The lowest BCUT2D eigenvalue weighted by Crippen LogP contribution is -2.12. The Labute approximate surface area is 137 Å². The van der Waals surface area contributed by atoms with Crippen molar-refractivity contribution in [2.24, 2.45) is 7.05 Å². The molecule has 0 radical (unpaired) electrons. The summed E-state index contributed by atoms with van der Waals surface area (Å²) in [7, 11) is 1.53. The molecule has 0 aliphatic rings. The highest BCUT2D eigenvalue weighted by Crippen LogP contribution is 2.30. The molecule has 1 heterocycles. The van der Waals surface area contributed by atoms with Crippen LogP contribution in [0.15, 0.2) is 34.8 Å². The maximum Gasteiger partial charge on any atom is 0.416 e. The Morgan fingerprint density at radius 3 is 2.26 bits per heavy atom. The zero-order valence-electron chi connectivity index (χ0n) is 11.8. The largest absolute Gasteiger partial charge is 0.481 e. The van der Waals surface area contributed by atoms with Gasteiger partial charge in [0.2, 0.25) is 5.78 Å². The van der Waals surface area contributed by atoms with E-state index < -0.39 is 23.5 Å². The lowest BCUT2D eigenvalue weighted by molar-refractivity contribution is -0.138. The second kappa shape index (κ2) is 6.19. The van der Waals surface area contributed by atoms with E-state index in [1.54, 1.807) is 0 Å². The van der Waals surface area contributed by atoms with Crippen molar-refractivity contribution in [2.45, 2.75) is 12.6 Å². The van der Waals surface area contributed by atoms with Crippen molar-refractivity contribution in [3.05, 3.63) is 57.3 Å². The summed E-state index contributed by atoms with van der Waals surface area (Å²) in [4.78, 5) is 23.2. The molecule has 0 spiro atoms. The average Bonchev–Trinajstić information content (AvgIpc) is 2.73. The Morgan fingerprint density at radius 1 is 1.22 bits per heavy atom. The molecule has 0 saturated carbocycles. The fourth-order valence-corrected chi connectivity index (χ4v) is 2.75. The van der Waals surface area contributed by atoms with Crippen LogP contribution in [0.2, 0.25) is 0 Å². The molecule has 1 aromatic heterocycles. The van der Waals surface area contributed by atoms with Crippen molar-refractivity contribution < 1.29 is 27.9 Å². The third-order valence-corrected chi connectivity index (χ3v) is 4.02. The van der Waals surface area contributed by atoms with Crippen LogP contribution in [0.3, 0.4) is 0 Å². The van der Waals surface area contributed by atoms with Crippen LogP contribution in [0, 0.1) is 0 Å². The number of aliphatic carboxylic acids is 1. The van der Waals surface area contributed by atoms with Crippen molar-refractivity contribution in [1.82, 2.24) is 4.57 Å². The van der Waals surface area contributed by atoms with E-state index in [9.17, 15) is 22.8 Å². The van der Waals surface area contributed by atoms with Crippen LogP contribution in [0.1, 0.15) is 27.3 Å². The number of aromatic nitrogens is 1. The summed E-state index contributed by atoms with van der Waals surface area (Å²) in [5.41, 5.74) is -0.165. The molecular weight excluding hydrogens is 379 g/mol. The summed E-state index contributed by atoms with van der Waals surface area (Å²) in [6.07, 6.45) is -4.75. The van der Waals surface area contributed by atoms with Gasteiger partial charge in [0.1, 0.15) is 0 Å². The summed E-state index contributed by atoms with van der Waals surface area (Å²) in [5, 5.41) is 8.86. The highest BCUT2D eigenvalue weighted by molar-refractivity contribution is 9.10. The maximum absolute atomic E-state index is 12.5. The summed E-state index contributed by atoms with van der Waals surface area (Å²) < 4.78 is 39.5. The molecule has 4 nitrogen and oxygen atoms in total. The average molecular weight is 390 g/mol. The lowest BCUT2D eigenvalue weighted by atomic mass is 10.1. The fourth-order valence-electron chi connectivity index (χ4n) is 2.13. The molecule has 0 saturated heterocycles. The van der Waals surface area contributed by atoms with Crippen molar-refractivity contribution in [3.63, 3.8) is 0 Å². The molecule has 1 aromatic carbocycles. The highest BCUT2D eigenvalue weighted by Gasteiger charge is 2.30. The maximum atomic E-state index is 12.5. The van der Waals surface area contributed by atoms with E-state index in [1.807, 2.05) is 0 Å². The van der Waals surface area contributed by atoms with E-state index in [4.69, 9.17) is 5.11 Å². The molecule has 0 fully saturated rings. The number of carboxylic acid groups (broad SMARTS) is 1. The number of alkyl halides is 3. The minimum atomic E-state index is -4.47. The van der Waals surface area contributed by atoms with Gasteiger partial charge in [0, 0.05) is 22.8 Å². The third-order valence-electron chi connectivity index (χ3n) is 3.33. The van der Waals surface area contributed by atoms with Gasteiger partial charge in [-0.15, -0.1) is 0 Å². The first-order valence-electron chi connectivity index (χ1n) is 6.39. The SMILES string of the molecule is Cn1c(C(=O)c2ccc(C(F)(F)F)cc2)cc(Br)c1CC(=O)O. The van der Waals surface area contributed by atoms with E-state index in [2.05, 4.69) is 15.9 Å². The number of ketones is 1. The first-order chi connectivity index (χ1) is 10.6. The fraction of sp³-hybridized carbons (Fsp3) is 0.200. The number of carbonyl (C=O) groups is 2. The Kier molecular flexibility index (Phi) is 4.65. The minimum Gasteiger partial charge on any atom is -0.481 e. The summed E-state index contributed by atoms with van der Waals surface area (Å²) in [5.74, 6) is -1.54. The molecule has 0 aliphatic heterocycles. The van der Waals surface area contributed by atoms with Crippen molar-refractivity contribution in [1.29, 1.82) is 0 Å². The Hall–Kier alpha value is -2.09. The highest BCUT2D eigenvalue weighted by atomic mass is 79.9. The predicted molar refractivity (Wildman–Crippen MR) is 79.3 cm³/mol. The predicted octanol–water partition coefficient (Wildman–Crippen LogP) is 3.66. The second-order valence-electron chi connectivity index (χ2n) is 4.86. The number of carboxylic acids is 1. The number of carbonyl (C=O) groups excluding carboxylic acids is 1. The number of benzene rings is 1. The Morgan fingerprint density at radius 2 is 1.78 bits per heavy atom. The number of halogens is 4. The van der Waals surface area contributed by atoms with E-state index in [1.165, 1.54) is 17.7 Å². The van der Waals surface area contributed by atoms with Crippen LogP contribution in [-0.2, 0) is 24.4 Å². The molecule has 0 amide bonds. The van der Waals surface area contributed by atoms with Crippen LogP contribution in [0.4, 0.5) is 13.2 Å². The molecule has 0 atom stereocenters. The van der Waals surface area contributed by atoms with Gasteiger partial charge >= 0.3 is 12.1 Å². The number of hydrogen-bond acceptors (Lipinski definition) is 2. The van der Waals surface area contributed by atoms with Gasteiger partial charge in [-0.3, -0.25) is 9.59 Å². The molecular formula is C15H11BrF3NO3. The number of hydrogen-bond donors (Lipinski definition) is 1. The van der Waals surface area contributed by atoms with E-state index in [0.29, 0.717) is 10.2 Å². The van der Waals surface area contributed by atoms with Crippen molar-refractivity contribution in [3.8, 4) is 0 Å². The molecule has 2 rings (SSSR count). The summed E-state index contributed by atoms with van der Waals surface area (Å²) >= 11 is 3.19. The summed E-state index contributed by atoms with van der Waals surface area (Å²) in [6.45, 7) is 0. The van der Waals surface area contributed by atoms with E-state index in [0.717, 1.165) is 24.3 Å². The Bertz CT molecular complexity index is 764. The van der Waals surface area contributed by atoms with Crippen LogP contribution in [0.5, 0.6) is 0 Å².